The number of fused-ring (bicyclic) bond motifs is 1. The van der Waals surface area contributed by atoms with Crippen LogP contribution in [0.4, 0.5) is 0 Å². The van der Waals surface area contributed by atoms with Gasteiger partial charge >= 0.3 is 0 Å². The molecule has 5 heteroatoms. The standard InChI is InChI=1S/C56H56N3O.Pt/c1-35-20-22-37(23-21-35)39-26-27-57-49(32-39)41-29-40(30-42(31-41)54(3,4)5)46-18-15-19-50-51(46)58-53(47-33-43(55(6,7)8)34-48(52(47)60)56(9,10)11)59(50)44-24-25-45(36(2)28-44)38-16-13-12-14-17-38;/h12-28,30-34,60H,1-11H3;/q-1;/i2D3,6D3,7D3,8D3,9D3,10D3,11D3;. The molecule has 0 unspecified atom stereocenters. The van der Waals surface area contributed by atoms with Gasteiger partial charge in [0.25, 0.3) is 0 Å². The minimum absolute atomic E-state index is 0. The predicted molar refractivity (Wildman–Crippen MR) is 252 cm³/mol. The van der Waals surface area contributed by atoms with Crippen LogP contribution in [0, 0.1) is 19.8 Å². The molecule has 61 heavy (non-hydrogen) atoms. The molecule has 0 aliphatic heterocycles. The predicted octanol–water partition coefficient (Wildman–Crippen LogP) is 14.8. The molecule has 0 bridgehead atoms. The summed E-state index contributed by atoms with van der Waals surface area (Å²) in [6.07, 6.45) is 1.67. The maximum absolute atomic E-state index is 12.9. The Morgan fingerprint density at radius 2 is 1.34 bits per heavy atom. The molecule has 312 valence electrons. The largest absolute Gasteiger partial charge is 0.507 e. The third kappa shape index (κ3) is 8.66. The first-order chi connectivity index (χ1) is 37.1. The van der Waals surface area contributed by atoms with Gasteiger partial charge in [-0.2, -0.15) is 0 Å². The van der Waals surface area contributed by atoms with E-state index < -0.39 is 92.5 Å². The topological polar surface area (TPSA) is 50.9 Å². The van der Waals surface area contributed by atoms with E-state index in [0.717, 1.165) is 22.3 Å². The Hall–Kier alpha value is -5.57. The number of rotatable bonds is 6. The number of nitrogens with zero attached hydrogens (tertiary/aromatic N) is 3. The van der Waals surface area contributed by atoms with Crippen molar-refractivity contribution in [3.8, 4) is 67.5 Å². The summed E-state index contributed by atoms with van der Waals surface area (Å²) in [4.78, 5) is 9.76. The first kappa shape index (κ1) is 24.2. The van der Waals surface area contributed by atoms with Gasteiger partial charge in [0.05, 0.1) is 16.6 Å². The Kier molecular flexibility index (Phi) is 6.48. The second-order valence-corrected chi connectivity index (χ2v) is 16.2. The summed E-state index contributed by atoms with van der Waals surface area (Å²) < 4.78 is 184. The van der Waals surface area contributed by atoms with E-state index in [0.29, 0.717) is 34.0 Å². The Morgan fingerprint density at radius 1 is 0.623 bits per heavy atom. The average Bonchev–Trinajstić information content (AvgIpc) is 2.36. The molecule has 8 aromatic rings. The number of phenolic OH excluding ortho intramolecular Hbond substituents is 1. The van der Waals surface area contributed by atoms with Crippen LogP contribution in [0.5, 0.6) is 5.75 Å². The second-order valence-electron chi connectivity index (χ2n) is 16.2. The summed E-state index contributed by atoms with van der Waals surface area (Å²) in [5.74, 6) is -2.05. The van der Waals surface area contributed by atoms with Gasteiger partial charge in [0.1, 0.15) is 11.6 Å². The van der Waals surface area contributed by atoms with Crippen molar-refractivity contribution in [2.75, 3.05) is 0 Å². The molecule has 0 aliphatic carbocycles. The number of para-hydroxylation sites is 1. The van der Waals surface area contributed by atoms with Crippen molar-refractivity contribution in [2.24, 2.45) is 0 Å². The SMILES string of the molecule is [2H]C([2H])([2H])c1cc(-n2c(-c3cc(C(C([2H])([2H])[2H])(C([2H])([2H])[2H])C([2H])([2H])[2H])cc(C(C([2H])([2H])[2H])(C([2H])([2H])[2H])C([2H])([2H])[2H])c3O)nc3c(-c4[c-]c(-c5cc(-c6ccc(C)cc6)ccn5)cc(C(C)(C)C)c4)cccc32)ccc1-c1ccccc1.[Pt]. The van der Waals surface area contributed by atoms with E-state index in [1.54, 1.807) is 48.7 Å². The maximum atomic E-state index is 12.9. The zero-order valence-electron chi connectivity index (χ0n) is 54.8. The summed E-state index contributed by atoms with van der Waals surface area (Å²) in [5.41, 5.74) is -6.53. The Bertz CT molecular complexity index is 3600. The molecule has 0 spiro atoms. The van der Waals surface area contributed by atoms with E-state index in [1.807, 2.05) is 76.2 Å². The molecule has 4 nitrogen and oxygen atoms in total. The molecule has 2 heterocycles. The van der Waals surface area contributed by atoms with Crippen molar-refractivity contribution >= 4 is 11.0 Å². The van der Waals surface area contributed by atoms with Crippen LogP contribution in [0.3, 0.4) is 0 Å². The van der Waals surface area contributed by atoms with Gasteiger partial charge < -0.3 is 5.11 Å². The number of pyridine rings is 1. The number of benzene rings is 6. The minimum atomic E-state index is -4.21. The van der Waals surface area contributed by atoms with E-state index >= 15 is 0 Å². The summed E-state index contributed by atoms with van der Waals surface area (Å²) >= 11 is 0. The van der Waals surface area contributed by atoms with E-state index in [1.165, 1.54) is 28.8 Å². The number of imidazole rings is 1. The number of aromatic hydroxyl groups is 1. The van der Waals surface area contributed by atoms with E-state index in [2.05, 4.69) is 6.07 Å². The monoisotopic (exact) mass is 1000 g/mol. The Balaban J connectivity index is 0.00000968. The minimum Gasteiger partial charge on any atom is -0.507 e. The summed E-state index contributed by atoms with van der Waals surface area (Å²) in [7, 11) is 0. The van der Waals surface area contributed by atoms with E-state index in [4.69, 9.17) is 38.8 Å². The van der Waals surface area contributed by atoms with Gasteiger partial charge in [0.15, 0.2) is 0 Å². The molecular formula is C56H56N3OPt-. The van der Waals surface area contributed by atoms with Crippen LogP contribution in [0.1, 0.15) is 118 Å². The van der Waals surface area contributed by atoms with Crippen molar-refractivity contribution in [2.45, 2.75) is 91.9 Å². The summed E-state index contributed by atoms with van der Waals surface area (Å²) in [6.45, 7) is -19.8. The molecule has 0 radical (unpaired) electrons. The van der Waals surface area contributed by atoms with Gasteiger partial charge in [0, 0.05) is 73.0 Å². The molecule has 1 N–H and O–H groups in total. The maximum Gasteiger partial charge on any atom is 0.148 e. The number of aromatic nitrogens is 3. The van der Waals surface area contributed by atoms with Crippen LogP contribution < -0.4 is 0 Å². The fraction of sp³-hybridized carbons (Fsp3) is 0.250. The van der Waals surface area contributed by atoms with Crippen LogP contribution in [-0.2, 0) is 37.3 Å². The van der Waals surface area contributed by atoms with Crippen LogP contribution in [0.15, 0.2) is 134 Å². The molecule has 0 fully saturated rings. The second kappa shape index (κ2) is 16.4. The zero-order valence-corrected chi connectivity index (χ0v) is 36.1. The fourth-order valence-electron chi connectivity index (χ4n) is 7.40. The molecule has 0 saturated carbocycles. The van der Waals surface area contributed by atoms with Gasteiger partial charge in [-0.15, -0.1) is 29.3 Å². The number of hydrogen-bond donors (Lipinski definition) is 1. The Labute approximate surface area is 406 Å². The molecular weight excluding hydrogens is 926 g/mol. The molecule has 8 rings (SSSR count). The fourth-order valence-corrected chi connectivity index (χ4v) is 7.40. The van der Waals surface area contributed by atoms with Gasteiger partial charge in [-0.25, -0.2) is 4.98 Å². The van der Waals surface area contributed by atoms with Crippen molar-refractivity contribution in [3.63, 3.8) is 0 Å². The number of hydrogen-bond acceptors (Lipinski definition) is 3. The molecule has 0 aliphatic rings. The number of phenols is 1. The molecule has 6 aromatic carbocycles. The smallest absolute Gasteiger partial charge is 0.148 e. The molecule has 0 amide bonds. The van der Waals surface area contributed by atoms with Crippen LogP contribution >= 0.6 is 0 Å². The van der Waals surface area contributed by atoms with Crippen molar-refractivity contribution in [1.29, 1.82) is 0 Å². The first-order valence-electron chi connectivity index (χ1n) is 29.8. The van der Waals surface area contributed by atoms with Crippen molar-refractivity contribution < 1.29 is 55.0 Å². The van der Waals surface area contributed by atoms with E-state index in [-0.39, 0.29) is 55.0 Å². The first-order valence-corrected chi connectivity index (χ1v) is 19.3. The quantitative estimate of drug-likeness (QED) is 0.169. The van der Waals surface area contributed by atoms with Crippen molar-refractivity contribution in [1.82, 2.24) is 14.5 Å². The summed E-state index contributed by atoms with van der Waals surface area (Å²) in [5, 5.41) is 12.9. The normalized spacial score (nSPS) is 18.7. The van der Waals surface area contributed by atoms with Gasteiger partial charge in [-0.3, -0.25) is 9.55 Å². The third-order valence-corrected chi connectivity index (χ3v) is 10.7. The summed E-state index contributed by atoms with van der Waals surface area (Å²) in [6, 6.07) is 37.4. The van der Waals surface area contributed by atoms with Gasteiger partial charge in [0.2, 0.25) is 0 Å². The molecule has 2 aromatic heterocycles. The van der Waals surface area contributed by atoms with Crippen LogP contribution in [-0.4, -0.2) is 19.6 Å². The molecule has 0 atom stereocenters. The zero-order chi connectivity index (χ0) is 60.2. The van der Waals surface area contributed by atoms with Crippen molar-refractivity contribution in [3.05, 3.63) is 167 Å². The van der Waals surface area contributed by atoms with Crippen LogP contribution in [0.2, 0.25) is 0 Å². The van der Waals surface area contributed by atoms with Gasteiger partial charge in [-0.05, 0) is 93.7 Å². The molecule has 0 saturated heterocycles. The van der Waals surface area contributed by atoms with E-state index in [9.17, 15) is 5.11 Å². The third-order valence-electron chi connectivity index (χ3n) is 10.7. The average molecular weight is 1000 g/mol. The van der Waals surface area contributed by atoms with Gasteiger partial charge in [-0.1, -0.05) is 164 Å². The van der Waals surface area contributed by atoms with Crippen LogP contribution in [0.25, 0.3) is 72.7 Å². The Morgan fingerprint density at radius 3 is 2.05 bits per heavy atom. The number of aryl methyl sites for hydroxylation is 2.